The van der Waals surface area contributed by atoms with E-state index in [1.165, 1.54) is 18.5 Å². The van der Waals surface area contributed by atoms with Gasteiger partial charge >= 0.3 is 7.12 Å². The normalized spacial score (nSPS) is 19.8. The summed E-state index contributed by atoms with van der Waals surface area (Å²) < 4.78 is 5.18. The molecular weight excluding hydrogens is 189 g/mol. The molecule has 1 N–H and O–H groups in total. The Balaban J connectivity index is 1.94. The van der Waals surface area contributed by atoms with E-state index in [4.69, 9.17) is 4.65 Å². The first kappa shape index (κ1) is 9.25. The standard InChI is InChI=1S/C11H14BNO2/c14-12-11-7-10(13-5-1-2-6-13)4-3-9(11)8-15-12/h3-4,7,14H,1-2,5-6,8H2. The summed E-state index contributed by atoms with van der Waals surface area (Å²) in [4.78, 5) is 2.37. The van der Waals surface area contributed by atoms with E-state index >= 15 is 0 Å². The quantitative estimate of drug-likeness (QED) is 0.674. The molecule has 0 amide bonds. The van der Waals surface area contributed by atoms with Crippen molar-refractivity contribution in [2.75, 3.05) is 18.0 Å². The van der Waals surface area contributed by atoms with Gasteiger partial charge in [-0.2, -0.15) is 0 Å². The molecule has 3 rings (SSSR count). The number of hydrogen-bond acceptors (Lipinski definition) is 3. The molecule has 0 radical (unpaired) electrons. The van der Waals surface area contributed by atoms with Gasteiger partial charge in [-0.05, 0) is 36.0 Å². The van der Waals surface area contributed by atoms with Crippen molar-refractivity contribution in [3.8, 4) is 0 Å². The van der Waals surface area contributed by atoms with Crippen LogP contribution in [-0.4, -0.2) is 25.2 Å². The molecule has 1 saturated heterocycles. The molecule has 0 saturated carbocycles. The third kappa shape index (κ3) is 1.54. The van der Waals surface area contributed by atoms with E-state index in [1.807, 2.05) is 0 Å². The summed E-state index contributed by atoms with van der Waals surface area (Å²) >= 11 is 0. The Morgan fingerprint density at radius 1 is 1.27 bits per heavy atom. The van der Waals surface area contributed by atoms with Crippen molar-refractivity contribution >= 4 is 18.3 Å². The molecule has 4 heteroatoms. The van der Waals surface area contributed by atoms with E-state index in [0.29, 0.717) is 6.61 Å². The maximum Gasteiger partial charge on any atom is 0.491 e. The summed E-state index contributed by atoms with van der Waals surface area (Å²) in [5.41, 5.74) is 3.28. The minimum atomic E-state index is -0.720. The third-order valence-electron chi connectivity index (χ3n) is 3.26. The highest BCUT2D eigenvalue weighted by molar-refractivity contribution is 6.61. The Kier molecular flexibility index (Phi) is 2.18. The van der Waals surface area contributed by atoms with E-state index in [9.17, 15) is 5.02 Å². The van der Waals surface area contributed by atoms with Crippen LogP contribution < -0.4 is 10.4 Å². The molecule has 3 nitrogen and oxygen atoms in total. The molecule has 15 heavy (non-hydrogen) atoms. The van der Waals surface area contributed by atoms with Gasteiger partial charge in [0.15, 0.2) is 0 Å². The molecule has 2 aliphatic rings. The van der Waals surface area contributed by atoms with Crippen molar-refractivity contribution in [1.29, 1.82) is 0 Å². The maximum absolute atomic E-state index is 9.61. The van der Waals surface area contributed by atoms with Crippen LogP contribution in [-0.2, 0) is 11.3 Å². The van der Waals surface area contributed by atoms with Crippen LogP contribution in [0.2, 0.25) is 0 Å². The maximum atomic E-state index is 9.61. The first-order valence-electron chi connectivity index (χ1n) is 5.52. The van der Waals surface area contributed by atoms with Gasteiger partial charge in [-0.1, -0.05) is 6.07 Å². The second kappa shape index (κ2) is 3.54. The smallest absolute Gasteiger partial charge is 0.423 e. The van der Waals surface area contributed by atoms with Gasteiger partial charge in [0.05, 0.1) is 6.61 Å². The molecule has 1 aromatic carbocycles. The summed E-state index contributed by atoms with van der Waals surface area (Å²) in [6, 6.07) is 6.27. The molecule has 0 spiro atoms. The first-order chi connectivity index (χ1) is 7.34. The van der Waals surface area contributed by atoms with E-state index in [1.54, 1.807) is 0 Å². The molecule has 2 heterocycles. The van der Waals surface area contributed by atoms with Crippen LogP contribution >= 0.6 is 0 Å². The summed E-state index contributed by atoms with van der Waals surface area (Å²) in [7, 11) is -0.720. The second-order valence-electron chi connectivity index (χ2n) is 4.24. The van der Waals surface area contributed by atoms with Crippen LogP contribution in [0.25, 0.3) is 0 Å². The summed E-state index contributed by atoms with van der Waals surface area (Å²) in [5.74, 6) is 0. The highest BCUT2D eigenvalue weighted by atomic mass is 16.5. The largest absolute Gasteiger partial charge is 0.491 e. The lowest BCUT2D eigenvalue weighted by Gasteiger charge is -2.18. The molecule has 0 bridgehead atoms. The van der Waals surface area contributed by atoms with Crippen molar-refractivity contribution in [2.45, 2.75) is 19.4 Å². The zero-order chi connectivity index (χ0) is 10.3. The SMILES string of the molecule is OB1OCc2ccc(N3CCCC3)cc21. The van der Waals surface area contributed by atoms with Gasteiger partial charge in [0.1, 0.15) is 0 Å². The van der Waals surface area contributed by atoms with E-state index in [0.717, 1.165) is 24.1 Å². The first-order valence-corrected chi connectivity index (χ1v) is 5.52. The molecular formula is C11H14BNO2. The lowest BCUT2D eigenvalue weighted by atomic mass is 9.79. The predicted octanol–water partition coefficient (Wildman–Crippen LogP) is 0.504. The Hall–Kier alpha value is -0.995. The van der Waals surface area contributed by atoms with E-state index in [-0.39, 0.29) is 0 Å². The van der Waals surface area contributed by atoms with Crippen LogP contribution in [0, 0.1) is 0 Å². The molecule has 1 aromatic rings. The molecule has 78 valence electrons. The van der Waals surface area contributed by atoms with Crippen molar-refractivity contribution in [3.05, 3.63) is 23.8 Å². The van der Waals surface area contributed by atoms with Gasteiger partial charge in [-0.25, -0.2) is 0 Å². The fourth-order valence-corrected chi connectivity index (χ4v) is 2.37. The summed E-state index contributed by atoms with van der Waals surface area (Å²) in [6.07, 6.45) is 2.55. The van der Waals surface area contributed by atoms with Crippen molar-refractivity contribution < 1.29 is 9.68 Å². The lowest BCUT2D eigenvalue weighted by Crippen LogP contribution is -2.29. The minimum absolute atomic E-state index is 0.538. The Bertz CT molecular complexity index is 377. The van der Waals surface area contributed by atoms with E-state index in [2.05, 4.69) is 23.1 Å². The number of fused-ring (bicyclic) bond motifs is 1. The number of benzene rings is 1. The van der Waals surface area contributed by atoms with Gasteiger partial charge in [0.2, 0.25) is 0 Å². The monoisotopic (exact) mass is 203 g/mol. The molecule has 0 unspecified atom stereocenters. The fourth-order valence-electron chi connectivity index (χ4n) is 2.37. The Morgan fingerprint density at radius 3 is 2.87 bits per heavy atom. The van der Waals surface area contributed by atoms with Crippen LogP contribution in [0.1, 0.15) is 18.4 Å². The average Bonchev–Trinajstić information content (AvgIpc) is 2.88. The van der Waals surface area contributed by atoms with Crippen molar-refractivity contribution in [1.82, 2.24) is 0 Å². The number of nitrogens with zero attached hydrogens (tertiary/aromatic N) is 1. The lowest BCUT2D eigenvalue weighted by molar-refractivity contribution is 0.275. The Morgan fingerprint density at radius 2 is 2.07 bits per heavy atom. The van der Waals surface area contributed by atoms with Crippen LogP contribution in [0.5, 0.6) is 0 Å². The zero-order valence-electron chi connectivity index (χ0n) is 8.65. The number of hydrogen-bond donors (Lipinski definition) is 1. The van der Waals surface area contributed by atoms with Gasteiger partial charge < -0.3 is 14.6 Å². The van der Waals surface area contributed by atoms with Crippen LogP contribution in [0.15, 0.2) is 18.2 Å². The third-order valence-corrected chi connectivity index (χ3v) is 3.26. The summed E-state index contributed by atoms with van der Waals surface area (Å²) in [5, 5.41) is 9.61. The summed E-state index contributed by atoms with van der Waals surface area (Å²) in [6.45, 7) is 2.81. The molecule has 0 atom stereocenters. The van der Waals surface area contributed by atoms with Crippen molar-refractivity contribution in [2.24, 2.45) is 0 Å². The van der Waals surface area contributed by atoms with Crippen molar-refractivity contribution in [3.63, 3.8) is 0 Å². The average molecular weight is 203 g/mol. The molecule has 1 fully saturated rings. The van der Waals surface area contributed by atoms with Crippen LogP contribution in [0.4, 0.5) is 5.69 Å². The molecule has 2 aliphatic heterocycles. The second-order valence-corrected chi connectivity index (χ2v) is 4.24. The zero-order valence-corrected chi connectivity index (χ0v) is 8.65. The Labute approximate surface area is 89.8 Å². The topological polar surface area (TPSA) is 32.7 Å². The predicted molar refractivity (Wildman–Crippen MR) is 60.3 cm³/mol. The van der Waals surface area contributed by atoms with Gasteiger partial charge in [-0.3, -0.25) is 0 Å². The number of anilines is 1. The molecule has 0 aromatic heterocycles. The van der Waals surface area contributed by atoms with Gasteiger partial charge in [-0.15, -0.1) is 0 Å². The van der Waals surface area contributed by atoms with Gasteiger partial charge in [0, 0.05) is 18.8 Å². The minimum Gasteiger partial charge on any atom is -0.423 e. The fraction of sp³-hybridized carbons (Fsp3) is 0.455. The number of rotatable bonds is 1. The van der Waals surface area contributed by atoms with E-state index < -0.39 is 7.12 Å². The van der Waals surface area contributed by atoms with Crippen LogP contribution in [0.3, 0.4) is 0 Å². The highest BCUT2D eigenvalue weighted by Crippen LogP contribution is 2.21. The highest BCUT2D eigenvalue weighted by Gasteiger charge is 2.28. The molecule has 0 aliphatic carbocycles. The van der Waals surface area contributed by atoms with Gasteiger partial charge in [0.25, 0.3) is 0 Å².